The molecule has 0 atom stereocenters. The molecule has 0 unspecified atom stereocenters. The van der Waals surface area contributed by atoms with E-state index in [1.54, 1.807) is 0 Å². The summed E-state index contributed by atoms with van der Waals surface area (Å²) in [7, 11) is 0. The van der Waals surface area contributed by atoms with Crippen LogP contribution in [0.15, 0.2) is 12.2 Å². The molecule has 0 aromatic rings. The maximum absolute atomic E-state index is 2.52. The van der Waals surface area contributed by atoms with E-state index in [9.17, 15) is 0 Å². The van der Waals surface area contributed by atoms with Crippen molar-refractivity contribution >= 4 is 0 Å². The molecule has 11 heavy (non-hydrogen) atoms. The van der Waals surface area contributed by atoms with Crippen molar-refractivity contribution in [1.82, 2.24) is 0 Å². The van der Waals surface area contributed by atoms with Crippen LogP contribution in [0, 0.1) is 5.41 Å². The summed E-state index contributed by atoms with van der Waals surface area (Å²) in [5, 5.41) is 0. The maximum atomic E-state index is 2.52. The Morgan fingerprint density at radius 2 is 1.55 bits per heavy atom. The summed E-state index contributed by atoms with van der Waals surface area (Å²) < 4.78 is 0. The van der Waals surface area contributed by atoms with E-state index in [1.165, 1.54) is 51.4 Å². The molecule has 0 N–H and O–H groups in total. The molecular formula is C11H18. The molecule has 2 rings (SSSR count). The fourth-order valence-electron chi connectivity index (χ4n) is 2.66. The smallest absolute Gasteiger partial charge is 0.0118 e. The van der Waals surface area contributed by atoms with Crippen molar-refractivity contribution in [3.8, 4) is 0 Å². The fourth-order valence-corrected chi connectivity index (χ4v) is 2.66. The van der Waals surface area contributed by atoms with Gasteiger partial charge in [-0.25, -0.2) is 0 Å². The van der Waals surface area contributed by atoms with Crippen LogP contribution in [0.25, 0.3) is 0 Å². The first-order valence-corrected chi connectivity index (χ1v) is 5.09. The van der Waals surface area contributed by atoms with E-state index in [0.29, 0.717) is 5.41 Å². The van der Waals surface area contributed by atoms with E-state index in [-0.39, 0.29) is 0 Å². The van der Waals surface area contributed by atoms with Crippen molar-refractivity contribution in [3.63, 3.8) is 0 Å². The largest absolute Gasteiger partial charge is 0.0880 e. The van der Waals surface area contributed by atoms with Crippen LogP contribution in [0.1, 0.15) is 51.4 Å². The molecular weight excluding hydrogens is 132 g/mol. The SMILES string of the molecule is C1=CC2(CCC1)CCCCC2. The summed E-state index contributed by atoms with van der Waals surface area (Å²) in [6, 6.07) is 0. The topological polar surface area (TPSA) is 0 Å². The molecule has 1 fully saturated rings. The van der Waals surface area contributed by atoms with Crippen molar-refractivity contribution in [2.75, 3.05) is 0 Å². The van der Waals surface area contributed by atoms with Crippen molar-refractivity contribution < 1.29 is 0 Å². The van der Waals surface area contributed by atoms with Gasteiger partial charge < -0.3 is 0 Å². The molecule has 0 aromatic carbocycles. The van der Waals surface area contributed by atoms with Gasteiger partial charge in [0.15, 0.2) is 0 Å². The van der Waals surface area contributed by atoms with Crippen LogP contribution in [0.5, 0.6) is 0 Å². The standard InChI is InChI=1S/C11H18/c1-3-7-11(8-4-1)9-5-2-6-10-11/h3,7H,1-2,4-6,8-10H2. The third-order valence-corrected chi connectivity index (χ3v) is 3.37. The van der Waals surface area contributed by atoms with Gasteiger partial charge >= 0.3 is 0 Å². The van der Waals surface area contributed by atoms with Gasteiger partial charge in [-0.3, -0.25) is 0 Å². The molecule has 0 saturated heterocycles. The molecule has 1 saturated carbocycles. The maximum Gasteiger partial charge on any atom is -0.0118 e. The highest BCUT2D eigenvalue weighted by Gasteiger charge is 2.29. The lowest BCUT2D eigenvalue weighted by molar-refractivity contribution is 0.226. The molecule has 0 heterocycles. The Kier molecular flexibility index (Phi) is 2.02. The lowest BCUT2D eigenvalue weighted by Crippen LogP contribution is -2.23. The van der Waals surface area contributed by atoms with Crippen LogP contribution in [0.4, 0.5) is 0 Å². The predicted molar refractivity (Wildman–Crippen MR) is 48.5 cm³/mol. The molecule has 0 nitrogen and oxygen atoms in total. The molecule has 0 amide bonds. The van der Waals surface area contributed by atoms with E-state index in [0.717, 1.165) is 0 Å². The second kappa shape index (κ2) is 3.00. The summed E-state index contributed by atoms with van der Waals surface area (Å²) in [5.74, 6) is 0. The zero-order valence-corrected chi connectivity index (χ0v) is 7.31. The van der Waals surface area contributed by atoms with Gasteiger partial charge in [0.25, 0.3) is 0 Å². The average Bonchev–Trinajstić information content (AvgIpc) is 2.07. The van der Waals surface area contributed by atoms with Crippen molar-refractivity contribution in [1.29, 1.82) is 0 Å². The van der Waals surface area contributed by atoms with E-state index in [1.807, 2.05) is 0 Å². The van der Waals surface area contributed by atoms with Gasteiger partial charge in [-0.1, -0.05) is 31.4 Å². The first-order chi connectivity index (χ1) is 5.41. The predicted octanol–water partition coefficient (Wildman–Crippen LogP) is 3.68. The molecule has 0 heteroatoms. The highest BCUT2D eigenvalue weighted by Crippen LogP contribution is 2.43. The minimum Gasteiger partial charge on any atom is -0.0880 e. The Bertz CT molecular complexity index is 149. The highest BCUT2D eigenvalue weighted by molar-refractivity contribution is 5.04. The summed E-state index contributed by atoms with van der Waals surface area (Å²) in [6.07, 6.45) is 16.6. The van der Waals surface area contributed by atoms with Crippen LogP contribution in [0.3, 0.4) is 0 Å². The number of hydrogen-bond donors (Lipinski definition) is 0. The van der Waals surface area contributed by atoms with Crippen LogP contribution in [-0.4, -0.2) is 0 Å². The number of rotatable bonds is 0. The van der Waals surface area contributed by atoms with E-state index >= 15 is 0 Å². The molecule has 1 spiro atoms. The summed E-state index contributed by atoms with van der Waals surface area (Å²) in [5.41, 5.74) is 0.677. The summed E-state index contributed by atoms with van der Waals surface area (Å²) >= 11 is 0. The summed E-state index contributed by atoms with van der Waals surface area (Å²) in [6.45, 7) is 0. The van der Waals surface area contributed by atoms with Crippen molar-refractivity contribution in [3.05, 3.63) is 12.2 Å². The normalized spacial score (nSPS) is 29.1. The Balaban J connectivity index is 2.06. The van der Waals surface area contributed by atoms with Gasteiger partial charge in [-0.2, -0.15) is 0 Å². The van der Waals surface area contributed by atoms with E-state index in [2.05, 4.69) is 12.2 Å². The molecule has 0 radical (unpaired) electrons. The Morgan fingerprint density at radius 3 is 2.18 bits per heavy atom. The number of hydrogen-bond acceptors (Lipinski definition) is 0. The molecule has 0 aliphatic heterocycles. The van der Waals surface area contributed by atoms with Gasteiger partial charge in [0.05, 0.1) is 0 Å². The Morgan fingerprint density at radius 1 is 0.818 bits per heavy atom. The van der Waals surface area contributed by atoms with Gasteiger partial charge in [0.1, 0.15) is 0 Å². The fraction of sp³-hybridized carbons (Fsp3) is 0.818. The number of allylic oxidation sites excluding steroid dienone is 2. The van der Waals surface area contributed by atoms with E-state index < -0.39 is 0 Å². The first-order valence-electron chi connectivity index (χ1n) is 5.09. The molecule has 62 valence electrons. The van der Waals surface area contributed by atoms with E-state index in [4.69, 9.17) is 0 Å². The van der Waals surface area contributed by atoms with Crippen LogP contribution < -0.4 is 0 Å². The van der Waals surface area contributed by atoms with Crippen LogP contribution >= 0.6 is 0 Å². The molecule has 2 aliphatic rings. The van der Waals surface area contributed by atoms with Gasteiger partial charge in [0.2, 0.25) is 0 Å². The quantitative estimate of drug-likeness (QED) is 0.462. The Hall–Kier alpha value is -0.260. The molecule has 2 aliphatic carbocycles. The third kappa shape index (κ3) is 1.50. The van der Waals surface area contributed by atoms with Crippen molar-refractivity contribution in [2.45, 2.75) is 51.4 Å². The minimum atomic E-state index is 0.677. The zero-order chi connectivity index (χ0) is 7.57. The lowest BCUT2D eigenvalue weighted by atomic mass is 9.69. The average molecular weight is 150 g/mol. The minimum absolute atomic E-state index is 0.677. The molecule has 0 aromatic heterocycles. The second-order valence-electron chi connectivity index (χ2n) is 4.22. The van der Waals surface area contributed by atoms with Crippen molar-refractivity contribution in [2.24, 2.45) is 5.41 Å². The monoisotopic (exact) mass is 150 g/mol. The van der Waals surface area contributed by atoms with Gasteiger partial charge in [0, 0.05) is 0 Å². The zero-order valence-electron chi connectivity index (χ0n) is 7.31. The van der Waals surface area contributed by atoms with Crippen LogP contribution in [0.2, 0.25) is 0 Å². The van der Waals surface area contributed by atoms with Crippen LogP contribution in [-0.2, 0) is 0 Å². The molecule has 0 bridgehead atoms. The Labute approximate surface area is 69.7 Å². The summed E-state index contributed by atoms with van der Waals surface area (Å²) in [4.78, 5) is 0. The van der Waals surface area contributed by atoms with Gasteiger partial charge in [-0.15, -0.1) is 0 Å². The van der Waals surface area contributed by atoms with Gasteiger partial charge in [-0.05, 0) is 37.5 Å². The second-order valence-corrected chi connectivity index (χ2v) is 4.22. The lowest BCUT2D eigenvalue weighted by Gasteiger charge is -2.36. The highest BCUT2D eigenvalue weighted by atomic mass is 14.3. The first kappa shape index (κ1) is 7.39. The third-order valence-electron chi connectivity index (χ3n) is 3.37.